The molecule has 0 spiro atoms. The van der Waals surface area contributed by atoms with Crippen LogP contribution in [-0.2, 0) is 4.79 Å². The molecule has 0 heterocycles. The van der Waals surface area contributed by atoms with Crippen molar-refractivity contribution in [2.24, 2.45) is 0 Å². The maximum Gasteiger partial charge on any atom is 0.325 e. The van der Waals surface area contributed by atoms with Crippen molar-refractivity contribution in [3.05, 3.63) is 0 Å². The largest absolute Gasteiger partial charge is 0.480 e. The molecule has 0 aliphatic rings. The van der Waals surface area contributed by atoms with Gasteiger partial charge in [-0.2, -0.15) is 0 Å². The topological polar surface area (TPSA) is 49.3 Å². The SMILES string of the molecule is CC(NC(=S)S)C(=O)O. The molecule has 0 aliphatic carbocycles. The maximum absolute atomic E-state index is 10.1. The van der Waals surface area contributed by atoms with Gasteiger partial charge in [0.25, 0.3) is 0 Å². The summed E-state index contributed by atoms with van der Waals surface area (Å²) in [4.78, 5) is 10.1. The Kier molecular flexibility index (Phi) is 3.56. The molecule has 0 saturated heterocycles. The molecule has 0 radical (unpaired) electrons. The third-order valence-corrected chi connectivity index (χ3v) is 0.957. The number of aliphatic carboxylic acids is 1. The number of carbonyl (C=O) groups is 1. The molecule has 1 unspecified atom stereocenters. The first kappa shape index (κ1) is 8.71. The zero-order valence-electron chi connectivity index (χ0n) is 4.79. The van der Waals surface area contributed by atoms with E-state index in [9.17, 15) is 4.79 Å². The first-order valence-electron chi connectivity index (χ1n) is 2.26. The summed E-state index contributed by atoms with van der Waals surface area (Å²) in [6, 6.07) is -0.657. The van der Waals surface area contributed by atoms with E-state index < -0.39 is 12.0 Å². The van der Waals surface area contributed by atoms with Crippen molar-refractivity contribution in [3.63, 3.8) is 0 Å². The van der Waals surface area contributed by atoms with Crippen molar-refractivity contribution in [2.45, 2.75) is 13.0 Å². The van der Waals surface area contributed by atoms with Gasteiger partial charge in [-0.1, -0.05) is 12.2 Å². The van der Waals surface area contributed by atoms with Gasteiger partial charge in [-0.15, -0.1) is 12.6 Å². The molecule has 0 saturated carbocycles. The Hall–Kier alpha value is -0.290. The van der Waals surface area contributed by atoms with Crippen molar-refractivity contribution >= 4 is 35.1 Å². The van der Waals surface area contributed by atoms with Crippen LogP contribution in [0.2, 0.25) is 0 Å². The van der Waals surface area contributed by atoms with Gasteiger partial charge in [0, 0.05) is 0 Å². The number of rotatable bonds is 2. The van der Waals surface area contributed by atoms with Crippen LogP contribution in [0.5, 0.6) is 0 Å². The van der Waals surface area contributed by atoms with E-state index in [0.29, 0.717) is 0 Å². The molecule has 0 aromatic heterocycles. The number of hydrogen-bond donors (Lipinski definition) is 3. The van der Waals surface area contributed by atoms with Gasteiger partial charge in [0.05, 0.1) is 0 Å². The predicted molar refractivity (Wildman–Crippen MR) is 41.8 cm³/mol. The minimum absolute atomic E-state index is 0.199. The Morgan fingerprint density at radius 3 is 2.44 bits per heavy atom. The fourth-order valence-corrected chi connectivity index (χ4v) is 0.617. The van der Waals surface area contributed by atoms with Crippen LogP contribution in [0, 0.1) is 0 Å². The Labute approximate surface area is 63.9 Å². The third-order valence-electron chi connectivity index (χ3n) is 0.710. The molecule has 52 valence electrons. The molecule has 9 heavy (non-hydrogen) atoms. The Morgan fingerprint density at radius 1 is 1.89 bits per heavy atom. The van der Waals surface area contributed by atoms with Crippen molar-refractivity contribution < 1.29 is 9.90 Å². The number of carboxylic acids is 1. The van der Waals surface area contributed by atoms with Crippen LogP contribution >= 0.6 is 24.8 Å². The second-order valence-electron chi connectivity index (χ2n) is 1.51. The summed E-state index contributed by atoms with van der Waals surface area (Å²) in [5.41, 5.74) is 0. The Balaban J connectivity index is 3.63. The van der Waals surface area contributed by atoms with Gasteiger partial charge < -0.3 is 10.4 Å². The van der Waals surface area contributed by atoms with Crippen LogP contribution in [0.4, 0.5) is 0 Å². The Bertz CT molecular complexity index is 137. The lowest BCUT2D eigenvalue weighted by molar-refractivity contribution is -0.138. The highest BCUT2D eigenvalue weighted by atomic mass is 32.1. The second kappa shape index (κ2) is 3.68. The first-order chi connectivity index (χ1) is 4.04. The summed E-state index contributed by atoms with van der Waals surface area (Å²) < 4.78 is 0.199. The van der Waals surface area contributed by atoms with Crippen LogP contribution in [-0.4, -0.2) is 21.4 Å². The molecule has 0 amide bonds. The molecule has 0 rings (SSSR count). The van der Waals surface area contributed by atoms with Crippen LogP contribution in [0.1, 0.15) is 6.92 Å². The van der Waals surface area contributed by atoms with Gasteiger partial charge in [0.15, 0.2) is 0 Å². The monoisotopic (exact) mass is 165 g/mol. The standard InChI is InChI=1S/C4H7NO2S2/c1-2(3(6)7)5-4(8)9/h2H,1H3,(H,6,7)(H2,5,8,9). The molecule has 0 fully saturated rings. The lowest BCUT2D eigenvalue weighted by atomic mass is 10.4. The summed E-state index contributed by atoms with van der Waals surface area (Å²) in [7, 11) is 0. The van der Waals surface area contributed by atoms with Gasteiger partial charge in [-0.25, -0.2) is 0 Å². The predicted octanol–water partition coefficient (Wildman–Crippen LogP) is 0.264. The van der Waals surface area contributed by atoms with E-state index in [-0.39, 0.29) is 4.32 Å². The summed E-state index contributed by atoms with van der Waals surface area (Å²) in [6.07, 6.45) is 0. The highest BCUT2D eigenvalue weighted by Gasteiger charge is 2.08. The number of thiol groups is 1. The van der Waals surface area contributed by atoms with E-state index in [1.54, 1.807) is 0 Å². The van der Waals surface area contributed by atoms with E-state index in [1.807, 2.05) is 0 Å². The van der Waals surface area contributed by atoms with Crippen LogP contribution in [0.25, 0.3) is 0 Å². The smallest absolute Gasteiger partial charge is 0.325 e. The van der Waals surface area contributed by atoms with Crippen molar-refractivity contribution in [3.8, 4) is 0 Å². The third kappa shape index (κ3) is 4.23. The maximum atomic E-state index is 10.1. The van der Waals surface area contributed by atoms with Gasteiger partial charge in [0.1, 0.15) is 10.4 Å². The van der Waals surface area contributed by atoms with Crippen LogP contribution in [0.15, 0.2) is 0 Å². The molecule has 0 bridgehead atoms. The quantitative estimate of drug-likeness (QED) is 0.406. The normalized spacial score (nSPS) is 12.2. The van der Waals surface area contributed by atoms with E-state index in [1.165, 1.54) is 6.92 Å². The van der Waals surface area contributed by atoms with Gasteiger partial charge in [-0.3, -0.25) is 4.79 Å². The molecular formula is C4H7NO2S2. The average Bonchev–Trinajstić information content (AvgIpc) is 1.63. The summed E-state index contributed by atoms with van der Waals surface area (Å²) in [5, 5.41) is 10.7. The van der Waals surface area contributed by atoms with Crippen molar-refractivity contribution in [1.82, 2.24) is 5.32 Å². The molecule has 5 heteroatoms. The number of thiocarbonyl (C=S) groups is 1. The Morgan fingerprint density at radius 2 is 2.33 bits per heavy atom. The average molecular weight is 165 g/mol. The van der Waals surface area contributed by atoms with Gasteiger partial charge in [0.2, 0.25) is 0 Å². The zero-order valence-corrected chi connectivity index (χ0v) is 6.50. The number of nitrogens with one attached hydrogen (secondary N) is 1. The molecule has 0 aromatic carbocycles. The minimum atomic E-state index is -0.939. The highest BCUT2D eigenvalue weighted by Crippen LogP contribution is 1.84. The summed E-state index contributed by atoms with van der Waals surface area (Å²) >= 11 is 8.17. The lowest BCUT2D eigenvalue weighted by Gasteiger charge is -2.06. The van der Waals surface area contributed by atoms with E-state index in [2.05, 4.69) is 30.2 Å². The van der Waals surface area contributed by atoms with E-state index in [4.69, 9.17) is 5.11 Å². The summed E-state index contributed by atoms with van der Waals surface area (Å²) in [6.45, 7) is 1.49. The molecule has 0 aliphatic heterocycles. The fourth-order valence-electron chi connectivity index (χ4n) is 0.247. The first-order valence-corrected chi connectivity index (χ1v) is 3.12. The minimum Gasteiger partial charge on any atom is -0.480 e. The van der Waals surface area contributed by atoms with Crippen LogP contribution < -0.4 is 5.32 Å². The van der Waals surface area contributed by atoms with Crippen LogP contribution in [0.3, 0.4) is 0 Å². The van der Waals surface area contributed by atoms with Crippen molar-refractivity contribution in [1.29, 1.82) is 0 Å². The summed E-state index contributed by atoms with van der Waals surface area (Å²) in [5.74, 6) is -0.939. The zero-order chi connectivity index (χ0) is 7.44. The second-order valence-corrected chi connectivity index (χ2v) is 2.67. The van der Waals surface area contributed by atoms with E-state index >= 15 is 0 Å². The van der Waals surface area contributed by atoms with Crippen molar-refractivity contribution in [2.75, 3.05) is 0 Å². The van der Waals surface area contributed by atoms with Gasteiger partial charge in [-0.05, 0) is 6.92 Å². The van der Waals surface area contributed by atoms with E-state index in [0.717, 1.165) is 0 Å². The lowest BCUT2D eigenvalue weighted by Crippen LogP contribution is -2.35. The molecular weight excluding hydrogens is 158 g/mol. The number of hydrogen-bond acceptors (Lipinski definition) is 2. The molecule has 1 atom stereocenters. The number of carboxylic acid groups (broad SMARTS) is 1. The molecule has 3 nitrogen and oxygen atoms in total. The van der Waals surface area contributed by atoms with Gasteiger partial charge >= 0.3 is 5.97 Å². The molecule has 0 aromatic rings. The fraction of sp³-hybridized carbons (Fsp3) is 0.500. The highest BCUT2D eigenvalue weighted by molar-refractivity contribution is 8.11. The molecule has 2 N–H and O–H groups in total.